The second-order valence-corrected chi connectivity index (χ2v) is 11.2. The van der Waals surface area contributed by atoms with E-state index in [1.165, 1.54) is 23.9 Å². The van der Waals surface area contributed by atoms with Crippen LogP contribution in [0.2, 0.25) is 0 Å². The van der Waals surface area contributed by atoms with Crippen molar-refractivity contribution in [1.29, 1.82) is 0 Å². The molecule has 0 radical (unpaired) electrons. The van der Waals surface area contributed by atoms with Crippen LogP contribution in [0, 0.1) is 5.92 Å². The fourth-order valence-electron chi connectivity index (χ4n) is 3.82. The van der Waals surface area contributed by atoms with Crippen molar-refractivity contribution < 1.29 is 22.7 Å². The Hall–Kier alpha value is -2.56. The van der Waals surface area contributed by atoms with Crippen LogP contribution in [-0.2, 0) is 26.2 Å². The highest BCUT2D eigenvalue weighted by Gasteiger charge is 2.37. The third-order valence-corrected chi connectivity index (χ3v) is 8.61. The van der Waals surface area contributed by atoms with E-state index in [0.717, 1.165) is 18.4 Å². The summed E-state index contributed by atoms with van der Waals surface area (Å²) in [6.45, 7) is 3.61. The predicted octanol–water partition coefficient (Wildman–Crippen LogP) is 2.85. The number of ether oxygens (including phenoxy) is 1. The Bertz CT molecular complexity index is 1140. The van der Waals surface area contributed by atoms with Crippen LogP contribution in [0.3, 0.4) is 0 Å². The topological polar surface area (TPSA) is 105 Å². The summed E-state index contributed by atoms with van der Waals surface area (Å²) in [6, 6.07) is 11.6. The standard InChI is InChI=1S/C23H27N3O5S2/c1-15-9-11-26(12-10-15)23(28)21-22(27)25-19-13-18(7-8-20(19)32-21)33(29,30)24-14-16-3-5-17(31-2)6-4-16/h3-8,13,15,21,24H,9-12,14H2,1-2H3,(H,25,27)/t21-/m0/s1. The zero-order valence-electron chi connectivity index (χ0n) is 18.5. The first-order valence-corrected chi connectivity index (χ1v) is 13.2. The summed E-state index contributed by atoms with van der Waals surface area (Å²) in [6.07, 6.45) is 1.87. The fraction of sp³-hybridized carbons (Fsp3) is 0.391. The van der Waals surface area contributed by atoms with Crippen molar-refractivity contribution in [3.05, 3.63) is 48.0 Å². The van der Waals surface area contributed by atoms with Gasteiger partial charge in [0.25, 0.3) is 0 Å². The highest BCUT2D eigenvalue weighted by atomic mass is 32.2. The lowest BCUT2D eigenvalue weighted by atomic mass is 9.99. The first kappa shape index (κ1) is 23.6. The number of rotatable bonds is 6. The van der Waals surface area contributed by atoms with Gasteiger partial charge in [-0.05, 0) is 54.7 Å². The molecule has 2 aromatic carbocycles. The highest BCUT2D eigenvalue weighted by Crippen LogP contribution is 2.38. The SMILES string of the molecule is COc1ccc(CNS(=O)(=O)c2ccc3c(c2)NC(=O)[C@@H](C(=O)N2CCC(C)CC2)S3)cc1. The number of likely N-dealkylation sites (tertiary alicyclic amines) is 1. The Kier molecular flexibility index (Phi) is 6.96. The number of amides is 2. The van der Waals surface area contributed by atoms with Crippen LogP contribution in [0.1, 0.15) is 25.3 Å². The molecule has 4 rings (SSSR count). The highest BCUT2D eigenvalue weighted by molar-refractivity contribution is 8.01. The molecule has 1 fully saturated rings. The number of benzene rings is 2. The van der Waals surface area contributed by atoms with Crippen molar-refractivity contribution in [1.82, 2.24) is 9.62 Å². The molecule has 2 heterocycles. The van der Waals surface area contributed by atoms with Crippen molar-refractivity contribution in [2.24, 2.45) is 5.92 Å². The second-order valence-electron chi connectivity index (χ2n) is 8.33. The van der Waals surface area contributed by atoms with Crippen LogP contribution in [0.25, 0.3) is 0 Å². The molecule has 0 unspecified atom stereocenters. The minimum Gasteiger partial charge on any atom is -0.497 e. The maximum atomic E-state index is 12.9. The Balaban J connectivity index is 1.44. The van der Waals surface area contributed by atoms with Crippen LogP contribution in [0.4, 0.5) is 5.69 Å². The van der Waals surface area contributed by atoms with E-state index in [1.807, 2.05) is 0 Å². The molecular formula is C23H27N3O5S2. The molecule has 1 atom stereocenters. The van der Waals surface area contributed by atoms with Crippen molar-refractivity contribution in [3.8, 4) is 5.75 Å². The minimum atomic E-state index is -3.79. The van der Waals surface area contributed by atoms with Crippen LogP contribution in [0.5, 0.6) is 5.75 Å². The largest absolute Gasteiger partial charge is 0.497 e. The van der Waals surface area contributed by atoms with Crippen LogP contribution < -0.4 is 14.8 Å². The third kappa shape index (κ3) is 5.34. The molecule has 0 saturated carbocycles. The number of nitrogens with one attached hydrogen (secondary N) is 2. The minimum absolute atomic E-state index is 0.0467. The summed E-state index contributed by atoms with van der Waals surface area (Å²) in [5, 5.41) is 1.86. The van der Waals surface area contributed by atoms with E-state index in [4.69, 9.17) is 4.74 Å². The summed E-state index contributed by atoms with van der Waals surface area (Å²) < 4.78 is 33.2. The molecule has 2 aromatic rings. The van der Waals surface area contributed by atoms with Gasteiger partial charge in [-0.15, -0.1) is 11.8 Å². The van der Waals surface area contributed by atoms with Gasteiger partial charge in [0, 0.05) is 24.5 Å². The van der Waals surface area contributed by atoms with E-state index in [9.17, 15) is 18.0 Å². The predicted molar refractivity (Wildman–Crippen MR) is 127 cm³/mol. The van der Waals surface area contributed by atoms with E-state index in [-0.39, 0.29) is 17.3 Å². The van der Waals surface area contributed by atoms with E-state index in [2.05, 4.69) is 17.0 Å². The van der Waals surface area contributed by atoms with E-state index in [0.29, 0.717) is 35.3 Å². The maximum Gasteiger partial charge on any atom is 0.247 e. The molecule has 0 aromatic heterocycles. The molecule has 176 valence electrons. The third-order valence-electron chi connectivity index (χ3n) is 5.95. The number of thioether (sulfide) groups is 1. The number of sulfonamides is 1. The zero-order chi connectivity index (χ0) is 23.6. The molecule has 0 aliphatic carbocycles. The summed E-state index contributed by atoms with van der Waals surface area (Å²) in [5.74, 6) is 0.669. The smallest absolute Gasteiger partial charge is 0.247 e. The van der Waals surface area contributed by atoms with Crippen LogP contribution in [-0.4, -0.2) is 50.6 Å². The number of fused-ring (bicyclic) bond motifs is 1. The van der Waals surface area contributed by atoms with Crippen LogP contribution >= 0.6 is 11.8 Å². The first-order valence-electron chi connectivity index (χ1n) is 10.8. The molecule has 10 heteroatoms. The number of carbonyl (C=O) groups is 2. The molecule has 2 aliphatic rings. The average molecular weight is 490 g/mol. The van der Waals surface area contributed by atoms with Gasteiger partial charge in [-0.25, -0.2) is 13.1 Å². The Morgan fingerprint density at radius 3 is 2.55 bits per heavy atom. The Morgan fingerprint density at radius 2 is 1.88 bits per heavy atom. The number of nitrogens with zero attached hydrogens (tertiary/aromatic N) is 1. The summed E-state index contributed by atoms with van der Waals surface area (Å²) in [4.78, 5) is 28.0. The number of hydrogen-bond donors (Lipinski definition) is 2. The molecule has 8 nitrogen and oxygen atoms in total. The lowest BCUT2D eigenvalue weighted by molar-refractivity contribution is -0.135. The van der Waals surface area contributed by atoms with Gasteiger partial charge in [0.05, 0.1) is 17.7 Å². The normalized spacial score (nSPS) is 19.0. The number of methoxy groups -OCH3 is 1. The second kappa shape index (κ2) is 9.74. The summed E-state index contributed by atoms with van der Waals surface area (Å²) >= 11 is 1.17. The van der Waals surface area contributed by atoms with Gasteiger partial charge in [0.1, 0.15) is 5.75 Å². The van der Waals surface area contributed by atoms with Gasteiger partial charge < -0.3 is 15.0 Å². The Labute approximate surface area is 198 Å². The molecule has 2 N–H and O–H groups in total. The molecule has 1 saturated heterocycles. The quantitative estimate of drug-likeness (QED) is 0.605. The van der Waals surface area contributed by atoms with Crippen LogP contribution in [0.15, 0.2) is 52.3 Å². The number of carbonyl (C=O) groups excluding carboxylic acids is 2. The van der Waals surface area contributed by atoms with Crippen molar-refractivity contribution in [2.75, 3.05) is 25.5 Å². The number of anilines is 1. The van der Waals surface area contributed by atoms with Gasteiger partial charge in [-0.1, -0.05) is 19.1 Å². The first-order chi connectivity index (χ1) is 15.8. The lowest BCUT2D eigenvalue weighted by Crippen LogP contribution is -2.47. The summed E-state index contributed by atoms with van der Waals surface area (Å²) in [5.41, 5.74) is 1.18. The zero-order valence-corrected chi connectivity index (χ0v) is 20.2. The Morgan fingerprint density at radius 1 is 1.18 bits per heavy atom. The van der Waals surface area contributed by atoms with E-state index in [1.54, 1.807) is 42.3 Å². The lowest BCUT2D eigenvalue weighted by Gasteiger charge is -2.33. The van der Waals surface area contributed by atoms with E-state index >= 15 is 0 Å². The van der Waals surface area contributed by atoms with E-state index < -0.39 is 21.2 Å². The maximum absolute atomic E-state index is 12.9. The monoisotopic (exact) mass is 489 g/mol. The van der Waals surface area contributed by atoms with Gasteiger partial charge in [-0.3, -0.25) is 9.59 Å². The number of hydrogen-bond acceptors (Lipinski definition) is 6. The van der Waals surface area contributed by atoms with Gasteiger partial charge >= 0.3 is 0 Å². The van der Waals surface area contributed by atoms with Crippen molar-refractivity contribution >= 4 is 39.3 Å². The molecule has 0 spiro atoms. The van der Waals surface area contributed by atoms with Gasteiger partial charge in [0.15, 0.2) is 5.25 Å². The fourth-order valence-corrected chi connectivity index (χ4v) is 5.91. The van der Waals surface area contributed by atoms with Gasteiger partial charge in [0.2, 0.25) is 21.8 Å². The molecule has 0 bridgehead atoms. The molecular weight excluding hydrogens is 462 g/mol. The van der Waals surface area contributed by atoms with Gasteiger partial charge in [-0.2, -0.15) is 0 Å². The average Bonchev–Trinajstić information content (AvgIpc) is 2.82. The number of piperidine rings is 1. The molecule has 2 amide bonds. The summed E-state index contributed by atoms with van der Waals surface area (Å²) in [7, 11) is -2.23. The van der Waals surface area contributed by atoms with Crippen molar-refractivity contribution in [2.45, 2.75) is 41.4 Å². The molecule has 33 heavy (non-hydrogen) atoms. The molecule has 2 aliphatic heterocycles. The van der Waals surface area contributed by atoms with Crippen molar-refractivity contribution in [3.63, 3.8) is 0 Å².